The molecule has 2 aromatic rings. The van der Waals surface area contributed by atoms with Crippen LogP contribution in [0, 0.1) is 15.9 Å². The van der Waals surface area contributed by atoms with Gasteiger partial charge in [-0.3, -0.25) is 10.1 Å². The van der Waals surface area contributed by atoms with E-state index in [0.29, 0.717) is 0 Å². The van der Waals surface area contributed by atoms with Crippen molar-refractivity contribution < 1.29 is 23.3 Å². The summed E-state index contributed by atoms with van der Waals surface area (Å²) < 4.78 is 23.1. The fourth-order valence-corrected chi connectivity index (χ4v) is 1.52. The first-order valence-corrected chi connectivity index (χ1v) is 5.08. The molecular weight excluding hydrogens is 245 g/mol. The quantitative estimate of drug-likeness (QED) is 0.477. The zero-order chi connectivity index (χ0) is 13.3. The number of carbonyl (C=O) groups excluding carboxylic acids is 1. The Morgan fingerprint density at radius 1 is 1.56 bits per heavy atom. The molecule has 0 saturated carbocycles. The number of rotatable bonds is 3. The molecular formula is C11H8FNO5. The molecule has 0 saturated heterocycles. The number of hydrogen-bond acceptors (Lipinski definition) is 5. The molecule has 0 bridgehead atoms. The van der Waals surface area contributed by atoms with Gasteiger partial charge in [0.15, 0.2) is 0 Å². The summed E-state index contributed by atoms with van der Waals surface area (Å²) in [6, 6.07) is 3.02. The van der Waals surface area contributed by atoms with E-state index in [1.807, 2.05) is 0 Å². The summed E-state index contributed by atoms with van der Waals surface area (Å²) in [5.41, 5.74) is -0.676. The molecule has 0 spiro atoms. The van der Waals surface area contributed by atoms with Crippen molar-refractivity contribution >= 4 is 22.6 Å². The van der Waals surface area contributed by atoms with Crippen LogP contribution in [-0.4, -0.2) is 17.5 Å². The Balaban J connectivity index is 2.62. The van der Waals surface area contributed by atoms with E-state index in [0.717, 1.165) is 18.2 Å². The first-order valence-electron chi connectivity index (χ1n) is 5.08. The fraction of sp³-hybridized carbons (Fsp3) is 0.182. The maximum absolute atomic E-state index is 13.5. The molecule has 0 unspecified atom stereocenters. The highest BCUT2D eigenvalue weighted by atomic mass is 19.1. The lowest BCUT2D eigenvalue weighted by molar-refractivity contribution is -0.383. The molecule has 1 aromatic carbocycles. The summed E-state index contributed by atoms with van der Waals surface area (Å²) in [4.78, 5) is 21.4. The third kappa shape index (κ3) is 1.90. The van der Waals surface area contributed by atoms with Crippen molar-refractivity contribution in [3.63, 3.8) is 0 Å². The van der Waals surface area contributed by atoms with E-state index in [2.05, 4.69) is 4.74 Å². The van der Waals surface area contributed by atoms with Crippen LogP contribution in [0.3, 0.4) is 0 Å². The van der Waals surface area contributed by atoms with Crippen molar-refractivity contribution in [2.75, 3.05) is 6.61 Å². The number of benzene rings is 1. The number of furan rings is 1. The van der Waals surface area contributed by atoms with Crippen molar-refractivity contribution in [1.82, 2.24) is 0 Å². The van der Waals surface area contributed by atoms with Gasteiger partial charge in [0.2, 0.25) is 11.3 Å². The maximum Gasteiger partial charge on any atom is 0.374 e. The van der Waals surface area contributed by atoms with Gasteiger partial charge in [0.1, 0.15) is 5.82 Å². The molecule has 94 valence electrons. The molecule has 0 aliphatic rings. The van der Waals surface area contributed by atoms with Gasteiger partial charge in [-0.2, -0.15) is 0 Å². The minimum atomic E-state index is -0.789. The van der Waals surface area contributed by atoms with Crippen molar-refractivity contribution in [2.24, 2.45) is 0 Å². The highest BCUT2D eigenvalue weighted by molar-refractivity contribution is 5.95. The number of hydrogen-bond donors (Lipinski definition) is 0. The van der Waals surface area contributed by atoms with E-state index in [1.54, 1.807) is 6.92 Å². The third-order valence-electron chi connectivity index (χ3n) is 2.28. The van der Waals surface area contributed by atoms with Crippen molar-refractivity contribution in [1.29, 1.82) is 0 Å². The number of halogens is 1. The van der Waals surface area contributed by atoms with Crippen LogP contribution in [0.2, 0.25) is 0 Å². The Bertz CT molecular complexity index is 634. The van der Waals surface area contributed by atoms with Gasteiger partial charge < -0.3 is 9.15 Å². The zero-order valence-corrected chi connectivity index (χ0v) is 9.31. The van der Waals surface area contributed by atoms with Crippen LogP contribution in [0.5, 0.6) is 0 Å². The Kier molecular flexibility index (Phi) is 2.97. The standard InChI is InChI=1S/C11H8FNO5/c1-2-17-11(14)9-5-6-7(12)3-4-8(13(15)16)10(6)18-9/h3-5H,2H2,1H3. The summed E-state index contributed by atoms with van der Waals surface area (Å²) >= 11 is 0. The lowest BCUT2D eigenvalue weighted by Crippen LogP contribution is -2.02. The van der Waals surface area contributed by atoms with Crippen LogP contribution in [0.25, 0.3) is 11.0 Å². The number of nitro benzene ring substituents is 1. The van der Waals surface area contributed by atoms with E-state index in [9.17, 15) is 19.3 Å². The van der Waals surface area contributed by atoms with Gasteiger partial charge >= 0.3 is 11.7 Å². The van der Waals surface area contributed by atoms with Gasteiger partial charge in [-0.1, -0.05) is 0 Å². The summed E-state index contributed by atoms with van der Waals surface area (Å²) in [5, 5.41) is 10.6. The zero-order valence-electron chi connectivity index (χ0n) is 9.31. The van der Waals surface area contributed by atoms with E-state index < -0.39 is 22.4 Å². The molecule has 0 fully saturated rings. The second-order valence-electron chi connectivity index (χ2n) is 3.40. The molecule has 7 heteroatoms. The number of esters is 1. The fourth-order valence-electron chi connectivity index (χ4n) is 1.52. The predicted molar refractivity (Wildman–Crippen MR) is 58.8 cm³/mol. The van der Waals surface area contributed by atoms with E-state index in [-0.39, 0.29) is 23.3 Å². The molecule has 18 heavy (non-hydrogen) atoms. The summed E-state index contributed by atoms with van der Waals surface area (Å²) in [6.07, 6.45) is 0. The van der Waals surface area contributed by atoms with E-state index >= 15 is 0 Å². The van der Waals surface area contributed by atoms with Gasteiger partial charge in [-0.15, -0.1) is 0 Å². The van der Waals surface area contributed by atoms with Crippen LogP contribution in [0.15, 0.2) is 22.6 Å². The van der Waals surface area contributed by atoms with Crippen molar-refractivity contribution in [3.8, 4) is 0 Å². The summed E-state index contributed by atoms with van der Waals surface area (Å²) in [5.74, 6) is -1.75. The number of carbonyl (C=O) groups is 1. The second kappa shape index (κ2) is 4.44. The average molecular weight is 253 g/mol. The number of nitrogens with zero attached hydrogens (tertiary/aromatic N) is 1. The molecule has 0 radical (unpaired) electrons. The monoisotopic (exact) mass is 253 g/mol. The second-order valence-corrected chi connectivity index (χ2v) is 3.40. The van der Waals surface area contributed by atoms with E-state index in [1.165, 1.54) is 0 Å². The van der Waals surface area contributed by atoms with Crippen LogP contribution < -0.4 is 0 Å². The summed E-state index contributed by atoms with van der Waals surface area (Å²) in [6.45, 7) is 1.73. The maximum atomic E-state index is 13.5. The molecule has 0 atom stereocenters. The number of ether oxygens (including phenoxy) is 1. The molecule has 0 aliphatic heterocycles. The predicted octanol–water partition coefficient (Wildman–Crippen LogP) is 2.66. The topological polar surface area (TPSA) is 82.6 Å². The van der Waals surface area contributed by atoms with Crippen LogP contribution in [-0.2, 0) is 4.74 Å². The van der Waals surface area contributed by atoms with Gasteiger partial charge in [-0.25, -0.2) is 9.18 Å². The van der Waals surface area contributed by atoms with Crippen LogP contribution in [0.4, 0.5) is 10.1 Å². The number of fused-ring (bicyclic) bond motifs is 1. The molecule has 0 N–H and O–H groups in total. The first kappa shape index (κ1) is 12.0. The van der Waals surface area contributed by atoms with Gasteiger partial charge in [-0.05, 0) is 13.0 Å². The molecule has 2 rings (SSSR count). The van der Waals surface area contributed by atoms with Crippen LogP contribution >= 0.6 is 0 Å². The lowest BCUT2D eigenvalue weighted by atomic mass is 10.2. The third-order valence-corrected chi connectivity index (χ3v) is 2.28. The Morgan fingerprint density at radius 2 is 2.28 bits per heavy atom. The Hall–Kier alpha value is -2.44. The lowest BCUT2D eigenvalue weighted by Gasteiger charge is -1.95. The highest BCUT2D eigenvalue weighted by Gasteiger charge is 2.22. The Morgan fingerprint density at radius 3 is 2.89 bits per heavy atom. The molecule has 0 amide bonds. The van der Waals surface area contributed by atoms with Gasteiger partial charge in [0, 0.05) is 12.1 Å². The van der Waals surface area contributed by atoms with Crippen molar-refractivity contribution in [3.05, 3.63) is 39.9 Å². The summed E-state index contributed by atoms with van der Waals surface area (Å²) in [7, 11) is 0. The molecule has 6 nitrogen and oxygen atoms in total. The van der Waals surface area contributed by atoms with Crippen molar-refractivity contribution in [2.45, 2.75) is 6.92 Å². The normalized spacial score (nSPS) is 10.6. The average Bonchev–Trinajstić information content (AvgIpc) is 2.75. The minimum absolute atomic E-state index is 0.118. The minimum Gasteiger partial charge on any atom is -0.460 e. The van der Waals surface area contributed by atoms with Crippen LogP contribution in [0.1, 0.15) is 17.5 Å². The first-order chi connectivity index (χ1) is 8.54. The molecule has 0 aliphatic carbocycles. The Labute approximate surface area is 100 Å². The van der Waals surface area contributed by atoms with E-state index in [4.69, 9.17) is 4.42 Å². The smallest absolute Gasteiger partial charge is 0.374 e. The number of nitro groups is 1. The number of non-ortho nitro benzene ring substituents is 1. The molecule has 1 aromatic heterocycles. The molecule has 1 heterocycles. The van der Waals surface area contributed by atoms with Gasteiger partial charge in [0.05, 0.1) is 16.9 Å². The largest absolute Gasteiger partial charge is 0.460 e. The SMILES string of the molecule is CCOC(=O)c1cc2c(F)ccc([N+](=O)[O-])c2o1. The highest BCUT2D eigenvalue weighted by Crippen LogP contribution is 2.30. The van der Waals surface area contributed by atoms with Gasteiger partial charge in [0.25, 0.3) is 0 Å².